The van der Waals surface area contributed by atoms with Crippen LogP contribution in [0.25, 0.3) is 0 Å². The number of nitriles is 2. The van der Waals surface area contributed by atoms with E-state index in [4.69, 9.17) is 0 Å². The van der Waals surface area contributed by atoms with Gasteiger partial charge in [0.25, 0.3) is 0 Å². The molecule has 0 saturated heterocycles. The van der Waals surface area contributed by atoms with Gasteiger partial charge in [-0.2, -0.15) is 10.5 Å². The third-order valence-electron chi connectivity index (χ3n) is 3.54. The number of halogens is 3. The first-order valence-corrected chi connectivity index (χ1v) is 6.75. The minimum atomic E-state index is -4.97. The quantitative estimate of drug-likeness (QED) is 0.862. The zero-order valence-corrected chi connectivity index (χ0v) is 12.7. The van der Waals surface area contributed by atoms with Gasteiger partial charge in [0.05, 0.1) is 29.2 Å². The van der Waals surface area contributed by atoms with Gasteiger partial charge in [-0.1, -0.05) is 6.07 Å². The summed E-state index contributed by atoms with van der Waals surface area (Å²) in [6, 6.07) is 7.32. The summed E-state index contributed by atoms with van der Waals surface area (Å²) < 4.78 is 41.1. The number of phenols is 1. The number of ether oxygens (including phenoxy) is 1. The molecule has 0 amide bonds. The molecule has 0 spiro atoms. The van der Waals surface area contributed by atoms with Crippen LogP contribution >= 0.6 is 0 Å². The number of nitrogens with one attached hydrogen (secondary N) is 1. The maximum atomic E-state index is 12.4. The Bertz CT molecular complexity index is 790. The Morgan fingerprint density at radius 2 is 1.67 bits per heavy atom. The number of dihydropyridines is 1. The van der Waals surface area contributed by atoms with Crippen molar-refractivity contribution in [2.24, 2.45) is 0 Å². The lowest BCUT2D eigenvalue weighted by atomic mass is 9.81. The Kier molecular flexibility index (Phi) is 4.43. The predicted octanol–water partition coefficient (Wildman–Crippen LogP) is 3.57. The number of allylic oxidation sites excluding steroid dienone is 4. The predicted molar refractivity (Wildman–Crippen MR) is 77.3 cm³/mol. The maximum Gasteiger partial charge on any atom is 0.573 e. The molecule has 0 aromatic heterocycles. The van der Waals surface area contributed by atoms with Gasteiger partial charge in [-0.3, -0.25) is 0 Å². The van der Waals surface area contributed by atoms with E-state index in [-0.39, 0.29) is 16.7 Å². The van der Waals surface area contributed by atoms with E-state index in [2.05, 4.69) is 10.1 Å². The maximum absolute atomic E-state index is 12.4. The fraction of sp³-hybridized carbons (Fsp3) is 0.250. The number of hydrogen-bond acceptors (Lipinski definition) is 5. The van der Waals surface area contributed by atoms with E-state index in [0.29, 0.717) is 11.4 Å². The van der Waals surface area contributed by atoms with Crippen molar-refractivity contribution >= 4 is 0 Å². The van der Waals surface area contributed by atoms with Crippen molar-refractivity contribution in [1.29, 1.82) is 10.5 Å². The highest BCUT2D eigenvalue weighted by atomic mass is 19.4. The summed E-state index contributed by atoms with van der Waals surface area (Å²) >= 11 is 0. The van der Waals surface area contributed by atoms with Crippen LogP contribution in [0, 0.1) is 22.7 Å². The zero-order valence-electron chi connectivity index (χ0n) is 12.7. The molecule has 24 heavy (non-hydrogen) atoms. The molecule has 124 valence electrons. The number of rotatable bonds is 2. The summed E-state index contributed by atoms with van der Waals surface area (Å²) in [7, 11) is 0. The summed E-state index contributed by atoms with van der Waals surface area (Å²) in [5.41, 5.74) is 1.66. The molecule has 0 radical (unpaired) electrons. The first-order chi connectivity index (χ1) is 11.2. The molecule has 1 heterocycles. The van der Waals surface area contributed by atoms with Crippen LogP contribution < -0.4 is 10.1 Å². The van der Waals surface area contributed by atoms with Crippen LogP contribution in [-0.2, 0) is 0 Å². The van der Waals surface area contributed by atoms with Crippen molar-refractivity contribution in [3.05, 3.63) is 46.3 Å². The molecule has 1 aliphatic rings. The van der Waals surface area contributed by atoms with Crippen molar-refractivity contribution in [1.82, 2.24) is 5.32 Å². The molecule has 2 rings (SSSR count). The Hall–Kier alpha value is -3.13. The van der Waals surface area contributed by atoms with E-state index in [1.54, 1.807) is 13.8 Å². The van der Waals surface area contributed by atoms with Crippen molar-refractivity contribution in [2.45, 2.75) is 26.1 Å². The van der Waals surface area contributed by atoms with Gasteiger partial charge >= 0.3 is 6.36 Å². The third-order valence-corrected chi connectivity index (χ3v) is 3.54. The Labute approximate surface area is 135 Å². The molecule has 0 bridgehead atoms. The Morgan fingerprint density at radius 3 is 2.12 bits per heavy atom. The minimum Gasteiger partial charge on any atom is -0.504 e. The second-order valence-corrected chi connectivity index (χ2v) is 5.13. The van der Waals surface area contributed by atoms with E-state index in [1.807, 2.05) is 12.1 Å². The van der Waals surface area contributed by atoms with E-state index < -0.39 is 23.8 Å². The third kappa shape index (κ3) is 3.28. The number of aromatic hydroxyl groups is 1. The topological polar surface area (TPSA) is 89.1 Å². The molecule has 8 heteroatoms. The summed E-state index contributed by atoms with van der Waals surface area (Å²) in [6.45, 7) is 3.27. The van der Waals surface area contributed by atoms with Gasteiger partial charge in [0, 0.05) is 11.4 Å². The second-order valence-electron chi connectivity index (χ2n) is 5.13. The van der Waals surface area contributed by atoms with Crippen LogP contribution in [0.1, 0.15) is 25.3 Å². The van der Waals surface area contributed by atoms with Crippen molar-refractivity contribution in [3.63, 3.8) is 0 Å². The van der Waals surface area contributed by atoms with Gasteiger partial charge in [-0.25, -0.2) is 0 Å². The van der Waals surface area contributed by atoms with Gasteiger partial charge in [-0.15, -0.1) is 13.2 Å². The average molecular weight is 335 g/mol. The molecule has 1 aromatic carbocycles. The average Bonchev–Trinajstić information content (AvgIpc) is 2.47. The van der Waals surface area contributed by atoms with E-state index in [0.717, 1.165) is 12.1 Å². The van der Waals surface area contributed by atoms with Gasteiger partial charge in [0.2, 0.25) is 0 Å². The van der Waals surface area contributed by atoms with Crippen LogP contribution in [0.15, 0.2) is 40.7 Å². The Morgan fingerprint density at radius 1 is 1.12 bits per heavy atom. The number of benzene rings is 1. The van der Waals surface area contributed by atoms with Crippen LogP contribution in [0.5, 0.6) is 11.5 Å². The number of hydrogen-bond donors (Lipinski definition) is 2. The molecule has 0 aliphatic carbocycles. The fourth-order valence-corrected chi connectivity index (χ4v) is 2.54. The lowest BCUT2D eigenvalue weighted by Crippen LogP contribution is -2.23. The van der Waals surface area contributed by atoms with Crippen LogP contribution in [0.3, 0.4) is 0 Å². The molecule has 2 N–H and O–H groups in total. The Balaban J connectivity index is 2.60. The van der Waals surface area contributed by atoms with Crippen molar-refractivity contribution in [3.8, 4) is 23.6 Å². The summed E-state index contributed by atoms with van der Waals surface area (Å²) in [5.74, 6) is -2.32. The van der Waals surface area contributed by atoms with Gasteiger partial charge in [0.15, 0.2) is 11.5 Å². The lowest BCUT2D eigenvalue weighted by molar-refractivity contribution is -0.275. The van der Waals surface area contributed by atoms with E-state index in [1.165, 1.54) is 6.07 Å². The molecule has 1 aromatic rings. The highest BCUT2D eigenvalue weighted by molar-refractivity contribution is 5.57. The molecule has 0 atom stereocenters. The SMILES string of the molecule is CC1=C(C#N)C(c2ccc(O)c(OC(F)(F)F)c2)C(C#N)=C(C)N1. The minimum absolute atomic E-state index is 0.209. The monoisotopic (exact) mass is 335 g/mol. The highest BCUT2D eigenvalue weighted by Gasteiger charge is 2.34. The number of phenolic OH excluding ortho intramolecular Hbond substituents is 1. The number of nitrogens with zero attached hydrogens (tertiary/aromatic N) is 2. The lowest BCUT2D eigenvalue weighted by Gasteiger charge is -2.26. The fourth-order valence-electron chi connectivity index (χ4n) is 2.54. The largest absolute Gasteiger partial charge is 0.573 e. The zero-order chi connectivity index (χ0) is 18.1. The van der Waals surface area contributed by atoms with Crippen molar-refractivity contribution in [2.75, 3.05) is 0 Å². The molecule has 5 nitrogen and oxygen atoms in total. The first kappa shape index (κ1) is 17.2. The van der Waals surface area contributed by atoms with E-state index >= 15 is 0 Å². The van der Waals surface area contributed by atoms with E-state index in [9.17, 15) is 28.8 Å². The van der Waals surface area contributed by atoms with Crippen LogP contribution in [0.4, 0.5) is 13.2 Å². The number of alkyl halides is 3. The summed E-state index contributed by atoms with van der Waals surface area (Å²) in [4.78, 5) is 0. The van der Waals surface area contributed by atoms with Gasteiger partial charge in [-0.05, 0) is 31.5 Å². The van der Waals surface area contributed by atoms with Crippen LogP contribution in [0.2, 0.25) is 0 Å². The molecular formula is C16H12F3N3O2. The van der Waals surface area contributed by atoms with Crippen LogP contribution in [-0.4, -0.2) is 11.5 Å². The summed E-state index contributed by atoms with van der Waals surface area (Å²) in [5, 5.41) is 31.2. The van der Waals surface area contributed by atoms with Gasteiger partial charge < -0.3 is 15.2 Å². The smallest absolute Gasteiger partial charge is 0.504 e. The summed E-state index contributed by atoms with van der Waals surface area (Å²) in [6.07, 6.45) is -4.97. The highest BCUT2D eigenvalue weighted by Crippen LogP contribution is 2.41. The first-order valence-electron chi connectivity index (χ1n) is 6.75. The standard InChI is InChI=1S/C16H12F3N3O2/c1-8-11(6-20)15(12(7-21)9(2)22-8)10-3-4-13(23)14(5-10)24-16(17,18)19/h3-5,15,22-23H,1-2H3. The molecular weight excluding hydrogens is 323 g/mol. The van der Waals surface area contributed by atoms with Crippen molar-refractivity contribution < 1.29 is 23.0 Å². The van der Waals surface area contributed by atoms with Gasteiger partial charge in [0.1, 0.15) is 0 Å². The normalized spacial score (nSPS) is 15.6. The molecule has 1 aliphatic heterocycles. The molecule has 0 unspecified atom stereocenters. The second kappa shape index (κ2) is 6.17. The molecule has 0 fully saturated rings. The molecule has 0 saturated carbocycles.